The molecule has 0 radical (unpaired) electrons. The zero-order chi connectivity index (χ0) is 14.7. The Bertz CT molecular complexity index is 651. The van der Waals surface area contributed by atoms with Crippen molar-refractivity contribution in [2.45, 2.75) is 13.3 Å². The summed E-state index contributed by atoms with van der Waals surface area (Å²) in [5.74, 6) is 0. The summed E-state index contributed by atoms with van der Waals surface area (Å²) >= 11 is 0. The number of rotatable bonds is 5. The van der Waals surface area contributed by atoms with Gasteiger partial charge >= 0.3 is 0 Å². The Morgan fingerprint density at radius 3 is 2.62 bits per heavy atom. The number of para-hydroxylation sites is 1. The summed E-state index contributed by atoms with van der Waals surface area (Å²) in [5.41, 5.74) is 14.4. The molecule has 1 aromatic carbocycles. The first-order valence-corrected chi connectivity index (χ1v) is 7.38. The van der Waals surface area contributed by atoms with Gasteiger partial charge in [-0.25, -0.2) is 0 Å². The van der Waals surface area contributed by atoms with E-state index in [2.05, 4.69) is 59.9 Å². The predicted octanol–water partition coefficient (Wildman–Crippen LogP) is 2.95. The fourth-order valence-corrected chi connectivity index (χ4v) is 2.89. The summed E-state index contributed by atoms with van der Waals surface area (Å²) in [6.45, 7) is 3.63. The van der Waals surface area contributed by atoms with Gasteiger partial charge in [0, 0.05) is 54.8 Å². The molecule has 0 spiro atoms. The van der Waals surface area contributed by atoms with Crippen molar-refractivity contribution in [2.75, 3.05) is 13.1 Å². The van der Waals surface area contributed by atoms with Crippen LogP contribution in [0.1, 0.15) is 18.9 Å². The van der Waals surface area contributed by atoms with E-state index in [1.54, 1.807) is 0 Å². The van der Waals surface area contributed by atoms with Crippen LogP contribution in [-0.2, 0) is 0 Å². The van der Waals surface area contributed by atoms with Crippen LogP contribution in [0, 0.1) is 0 Å². The van der Waals surface area contributed by atoms with Crippen LogP contribution in [0.15, 0.2) is 55.0 Å². The highest BCUT2D eigenvalue weighted by atomic mass is 15.7. The minimum Gasteiger partial charge on any atom is -0.326 e. The summed E-state index contributed by atoms with van der Waals surface area (Å²) in [5, 5.41) is 0. The highest BCUT2D eigenvalue weighted by Crippen LogP contribution is 2.44. The molecule has 3 N–H and O–H groups in total. The van der Waals surface area contributed by atoms with Gasteiger partial charge in [-0.15, -0.1) is 0 Å². The van der Waals surface area contributed by atoms with Crippen LogP contribution in [0.3, 0.4) is 0 Å². The van der Waals surface area contributed by atoms with E-state index in [9.17, 15) is 0 Å². The van der Waals surface area contributed by atoms with Crippen molar-refractivity contribution in [1.29, 1.82) is 0 Å². The lowest BCUT2D eigenvalue weighted by Gasteiger charge is -2.31. The first-order chi connectivity index (χ1) is 10.3. The van der Waals surface area contributed by atoms with E-state index in [4.69, 9.17) is 5.73 Å². The lowest BCUT2D eigenvalue weighted by molar-refractivity contribution is 0.376. The van der Waals surface area contributed by atoms with E-state index in [0.717, 1.165) is 18.7 Å². The van der Waals surface area contributed by atoms with Crippen molar-refractivity contribution < 1.29 is 0 Å². The van der Waals surface area contributed by atoms with Gasteiger partial charge in [0.05, 0.1) is 0 Å². The number of nitrogens with two attached hydrogens (primary N) is 1. The first kappa shape index (κ1) is 13.9. The van der Waals surface area contributed by atoms with Crippen LogP contribution in [0.2, 0.25) is 0 Å². The summed E-state index contributed by atoms with van der Waals surface area (Å²) in [6, 6.07) is 12.5. The smallest absolute Gasteiger partial charge is 0.169 e. The maximum atomic E-state index is 5.96. The summed E-state index contributed by atoms with van der Waals surface area (Å²) < 4.78 is 0.513. The van der Waals surface area contributed by atoms with E-state index in [1.807, 2.05) is 12.4 Å². The Morgan fingerprint density at radius 1 is 1.14 bits per heavy atom. The minimum atomic E-state index is 0.513. The third-order valence-corrected chi connectivity index (χ3v) is 3.88. The molecule has 0 aliphatic carbocycles. The number of nitrogens with one attached hydrogen (secondary N) is 1. The monoisotopic (exact) mass is 281 g/mol. The molecule has 0 saturated carbocycles. The van der Waals surface area contributed by atoms with Crippen LogP contribution in [0.5, 0.6) is 0 Å². The topological polar surface area (TPSA) is 50.9 Å². The Morgan fingerprint density at radius 2 is 1.90 bits per heavy atom. The van der Waals surface area contributed by atoms with E-state index in [0.29, 0.717) is 11.1 Å². The van der Waals surface area contributed by atoms with Gasteiger partial charge in [0.25, 0.3) is 0 Å². The van der Waals surface area contributed by atoms with Crippen LogP contribution >= 0.6 is 0 Å². The SMILES string of the molecule is CCCN[N+]1(c2ccncc2)C=C(CN)c2ccccc21. The molecule has 1 aliphatic heterocycles. The quantitative estimate of drug-likeness (QED) is 0.828. The number of nitrogens with zero attached hydrogens (tertiary/aromatic N) is 2. The molecule has 2 heterocycles. The first-order valence-electron chi connectivity index (χ1n) is 7.38. The van der Waals surface area contributed by atoms with Crippen molar-refractivity contribution in [2.24, 2.45) is 5.73 Å². The summed E-state index contributed by atoms with van der Waals surface area (Å²) in [7, 11) is 0. The van der Waals surface area contributed by atoms with Crippen molar-refractivity contribution in [3.63, 3.8) is 0 Å². The van der Waals surface area contributed by atoms with Crippen molar-refractivity contribution in [3.05, 3.63) is 60.6 Å². The lowest BCUT2D eigenvalue weighted by Crippen LogP contribution is -2.50. The lowest BCUT2D eigenvalue weighted by atomic mass is 10.1. The van der Waals surface area contributed by atoms with Gasteiger partial charge in [0.2, 0.25) is 0 Å². The highest BCUT2D eigenvalue weighted by Gasteiger charge is 2.40. The van der Waals surface area contributed by atoms with Gasteiger partial charge in [-0.3, -0.25) is 4.98 Å². The second-order valence-corrected chi connectivity index (χ2v) is 5.21. The van der Waals surface area contributed by atoms with Crippen LogP contribution < -0.4 is 15.8 Å². The number of aromatic nitrogens is 1. The molecule has 3 rings (SSSR count). The molecule has 0 fully saturated rings. The largest absolute Gasteiger partial charge is 0.326 e. The van der Waals surface area contributed by atoms with Crippen LogP contribution in [0.25, 0.3) is 5.57 Å². The number of hydrogen-bond donors (Lipinski definition) is 2. The molecule has 4 heteroatoms. The fraction of sp³-hybridized carbons (Fsp3) is 0.235. The molecule has 4 nitrogen and oxygen atoms in total. The van der Waals surface area contributed by atoms with E-state index in [-0.39, 0.29) is 0 Å². The maximum Gasteiger partial charge on any atom is 0.169 e. The molecule has 0 amide bonds. The molecule has 108 valence electrons. The molecule has 1 aliphatic rings. The zero-order valence-corrected chi connectivity index (χ0v) is 12.3. The predicted molar refractivity (Wildman–Crippen MR) is 87.5 cm³/mol. The molecular weight excluding hydrogens is 260 g/mol. The molecule has 2 aromatic rings. The van der Waals surface area contributed by atoms with Crippen molar-refractivity contribution in [3.8, 4) is 0 Å². The molecular formula is C17H21N4+. The number of benzene rings is 1. The van der Waals surface area contributed by atoms with Gasteiger partial charge in [0.1, 0.15) is 6.20 Å². The highest BCUT2D eigenvalue weighted by molar-refractivity contribution is 5.86. The van der Waals surface area contributed by atoms with Gasteiger partial charge in [-0.1, -0.05) is 19.1 Å². The van der Waals surface area contributed by atoms with E-state index in [1.165, 1.54) is 16.8 Å². The Hall–Kier alpha value is -2.01. The molecule has 0 saturated heterocycles. The second kappa shape index (κ2) is 5.77. The number of pyridine rings is 1. The second-order valence-electron chi connectivity index (χ2n) is 5.21. The molecule has 0 bridgehead atoms. The summed E-state index contributed by atoms with van der Waals surface area (Å²) in [6.07, 6.45) is 6.95. The van der Waals surface area contributed by atoms with Gasteiger partial charge in [-0.2, -0.15) is 10.0 Å². The van der Waals surface area contributed by atoms with E-state index >= 15 is 0 Å². The van der Waals surface area contributed by atoms with E-state index < -0.39 is 0 Å². The third kappa shape index (κ3) is 2.27. The van der Waals surface area contributed by atoms with Crippen molar-refractivity contribution in [1.82, 2.24) is 15.0 Å². The van der Waals surface area contributed by atoms with Crippen LogP contribution in [-0.4, -0.2) is 18.1 Å². The van der Waals surface area contributed by atoms with Crippen molar-refractivity contribution >= 4 is 16.9 Å². The normalized spacial score (nSPS) is 20.2. The Labute approximate surface area is 125 Å². The number of fused-ring (bicyclic) bond motifs is 1. The molecule has 1 atom stereocenters. The maximum absolute atomic E-state index is 5.96. The van der Waals surface area contributed by atoms with Gasteiger partial charge in [-0.05, 0) is 12.5 Å². The third-order valence-electron chi connectivity index (χ3n) is 3.88. The Kier molecular flexibility index (Phi) is 3.84. The number of quaternary nitrogens is 1. The fourth-order valence-electron chi connectivity index (χ4n) is 2.89. The van der Waals surface area contributed by atoms with Gasteiger partial charge < -0.3 is 5.73 Å². The molecule has 21 heavy (non-hydrogen) atoms. The average Bonchev–Trinajstić information content (AvgIpc) is 2.89. The minimum absolute atomic E-state index is 0.513. The molecule has 1 unspecified atom stereocenters. The summed E-state index contributed by atoms with van der Waals surface area (Å²) in [4.78, 5) is 4.14. The zero-order valence-electron chi connectivity index (χ0n) is 12.3. The number of hydrogen-bond acceptors (Lipinski definition) is 3. The average molecular weight is 281 g/mol. The Balaban J connectivity index is 2.19. The van der Waals surface area contributed by atoms with Crippen LogP contribution in [0.4, 0.5) is 11.4 Å². The molecule has 1 aromatic heterocycles. The standard InChI is InChI=1S/C17H21N4/c1-2-9-20-21(15-7-10-19-11-8-15)13-14(12-18)16-5-3-4-6-17(16)21/h3-8,10-11,13,20H,2,9,12,18H2,1H3/q+1. The van der Waals surface area contributed by atoms with Gasteiger partial charge in [0.15, 0.2) is 11.4 Å².